The average Bonchev–Trinajstić information content (AvgIpc) is 3.00. The zero-order valence-electron chi connectivity index (χ0n) is 21.9. The predicted octanol–water partition coefficient (Wildman–Crippen LogP) is 8.81. The Hall–Kier alpha value is -5.15. The Morgan fingerprint density at radius 3 is 1.72 bits per heavy atom. The summed E-state index contributed by atoms with van der Waals surface area (Å²) in [5.74, 6) is -30.6. The van der Waals surface area contributed by atoms with Crippen molar-refractivity contribution in [2.45, 2.75) is 0 Å². The van der Waals surface area contributed by atoms with E-state index in [1.54, 1.807) is 0 Å². The summed E-state index contributed by atoms with van der Waals surface area (Å²) in [6.07, 6.45) is 0. The Morgan fingerprint density at radius 2 is 1.04 bits per heavy atom. The first kappa shape index (κ1) is 30.9. The summed E-state index contributed by atoms with van der Waals surface area (Å²) in [6, 6.07) is 5.29. The predicted molar refractivity (Wildman–Crippen MR) is 138 cm³/mol. The molecule has 0 saturated carbocycles. The van der Waals surface area contributed by atoms with Crippen LogP contribution in [0.2, 0.25) is 0 Å². The van der Waals surface area contributed by atoms with E-state index in [1.165, 1.54) is 0 Å². The van der Waals surface area contributed by atoms with Gasteiger partial charge in [0.25, 0.3) is 0 Å². The molecule has 0 amide bonds. The van der Waals surface area contributed by atoms with Gasteiger partial charge in [-0.1, -0.05) is 12.1 Å². The molecule has 0 heterocycles. The van der Waals surface area contributed by atoms with Gasteiger partial charge in [-0.25, -0.2) is 48.3 Å². The lowest BCUT2D eigenvalue weighted by atomic mass is 9.74. The van der Waals surface area contributed by atoms with Gasteiger partial charge in [0.1, 0.15) is 34.8 Å². The molecule has 0 unspecified atom stereocenters. The first-order valence-corrected chi connectivity index (χ1v) is 12.5. The Bertz CT molecular complexity index is 2250. The van der Waals surface area contributed by atoms with Crippen molar-refractivity contribution in [2.75, 3.05) is 0 Å². The maximum atomic E-state index is 15.6. The van der Waals surface area contributed by atoms with E-state index in [-0.39, 0.29) is 6.07 Å². The molecule has 2 nitrogen and oxygen atoms in total. The third-order valence-electron chi connectivity index (χ3n) is 6.99. The maximum absolute atomic E-state index is 15.6. The molecule has 0 aliphatic heterocycles. The highest BCUT2D eigenvalue weighted by atomic mass is 19.2. The number of fused-ring (bicyclic) bond motifs is 3. The molecule has 0 aliphatic carbocycles. The third-order valence-corrected chi connectivity index (χ3v) is 6.99. The third kappa shape index (κ3) is 4.61. The van der Waals surface area contributed by atoms with Gasteiger partial charge in [0.05, 0.1) is 21.6 Å². The summed E-state index contributed by atoms with van der Waals surface area (Å²) in [5.41, 5.74) is -1.50. The van der Waals surface area contributed by atoms with Crippen LogP contribution in [0.4, 0.5) is 57.1 Å². The van der Waals surface area contributed by atoms with Gasteiger partial charge in [-0.3, -0.25) is 0 Å². The van der Waals surface area contributed by atoms with E-state index in [4.69, 9.17) is 9.31 Å². The Balaban J connectivity index is 1.71. The molecule has 16 heteroatoms. The van der Waals surface area contributed by atoms with E-state index in [1.807, 2.05) is 0 Å². The summed E-state index contributed by atoms with van der Waals surface area (Å²) in [4.78, 5) is 0. The van der Waals surface area contributed by atoms with Crippen LogP contribution in [-0.2, 0) is 0 Å². The van der Waals surface area contributed by atoms with Crippen LogP contribution in [0.1, 0.15) is 0 Å². The molecule has 0 bridgehead atoms. The van der Waals surface area contributed by atoms with E-state index in [9.17, 15) is 39.5 Å². The first-order valence-electron chi connectivity index (χ1n) is 12.5. The number of hydrogen-bond acceptors (Lipinski definition) is 2. The number of benzene rings is 6. The Kier molecular flexibility index (Phi) is 7.40. The van der Waals surface area contributed by atoms with Crippen molar-refractivity contribution in [1.29, 1.82) is 0 Å². The van der Waals surface area contributed by atoms with Gasteiger partial charge in [-0.15, -0.1) is 0 Å². The van der Waals surface area contributed by atoms with Gasteiger partial charge in [0.15, 0.2) is 23.2 Å². The number of rotatable bonds is 5. The van der Waals surface area contributed by atoms with Gasteiger partial charge in [-0.05, 0) is 41.1 Å². The molecule has 0 aliphatic rings. The minimum absolute atomic E-state index is 0.244. The highest BCUT2D eigenvalue weighted by Gasteiger charge is 2.40. The lowest BCUT2D eigenvalue weighted by Gasteiger charge is -2.22. The smallest absolute Gasteiger partial charge is 0.521 e. The van der Waals surface area contributed by atoms with Gasteiger partial charge in [-0.2, -0.15) is 8.78 Å². The second kappa shape index (κ2) is 11.0. The standard InChI is InChI=1S/C30H8BF13O2/c32-10-7-11-16(5-4-14(34)18(11)15(35)8-10)45-31(46-30-28(43)26(41)25(40)27(42)29(30)44)20-12-6-9-2-1-3-13(33)17(9)21(36)19(12)22(37)24(39)23(20)38/h1-8H. The van der Waals surface area contributed by atoms with Crippen LogP contribution >= 0.6 is 0 Å². The summed E-state index contributed by atoms with van der Waals surface area (Å²) in [5, 5.41) is -5.67. The zero-order chi connectivity index (χ0) is 33.4. The van der Waals surface area contributed by atoms with E-state index >= 15 is 17.6 Å². The monoisotopic (exact) mass is 658 g/mol. The van der Waals surface area contributed by atoms with Crippen molar-refractivity contribution in [3.8, 4) is 11.5 Å². The number of halogens is 13. The molecule has 0 radical (unpaired) electrons. The van der Waals surface area contributed by atoms with E-state index < -0.39 is 132 Å². The van der Waals surface area contributed by atoms with Crippen LogP contribution in [-0.4, -0.2) is 7.12 Å². The normalized spacial score (nSPS) is 11.6. The lowest BCUT2D eigenvalue weighted by Crippen LogP contribution is -2.46. The molecule has 6 aromatic rings. The fourth-order valence-electron chi connectivity index (χ4n) is 4.95. The molecule has 0 N–H and O–H groups in total. The van der Waals surface area contributed by atoms with Crippen molar-refractivity contribution in [3.63, 3.8) is 0 Å². The largest absolute Gasteiger partial charge is 0.636 e. The van der Waals surface area contributed by atoms with Crippen LogP contribution in [0.3, 0.4) is 0 Å². The van der Waals surface area contributed by atoms with Crippen LogP contribution in [0, 0.1) is 75.6 Å². The zero-order valence-corrected chi connectivity index (χ0v) is 21.9. The Morgan fingerprint density at radius 1 is 0.435 bits per heavy atom. The molecule has 0 fully saturated rings. The SMILES string of the molecule is Fc1cc(F)c2c(F)ccc(OB(Oc3c(F)c(F)c(F)c(F)c3F)c3c(F)c(F)c(F)c4c(F)c5c(F)cccc5cc34)c2c1. The molecular formula is C30H8BF13O2. The second-order valence-electron chi connectivity index (χ2n) is 9.63. The summed E-state index contributed by atoms with van der Waals surface area (Å²) >= 11 is 0. The van der Waals surface area contributed by atoms with Crippen molar-refractivity contribution in [2.24, 2.45) is 0 Å². The lowest BCUT2D eigenvalue weighted by molar-refractivity contribution is 0.335. The molecule has 6 rings (SSSR count). The fourth-order valence-corrected chi connectivity index (χ4v) is 4.95. The van der Waals surface area contributed by atoms with E-state index in [2.05, 4.69) is 0 Å². The quantitative estimate of drug-likeness (QED) is 0.0607. The van der Waals surface area contributed by atoms with Crippen LogP contribution in [0.5, 0.6) is 11.5 Å². The molecule has 0 atom stereocenters. The summed E-state index contributed by atoms with van der Waals surface area (Å²) in [7, 11) is -3.02. The van der Waals surface area contributed by atoms with Crippen molar-refractivity contribution in [1.82, 2.24) is 0 Å². The van der Waals surface area contributed by atoms with Crippen molar-refractivity contribution < 1.29 is 66.4 Å². The molecule has 234 valence electrons. The molecule has 0 aromatic heterocycles. The molecule has 46 heavy (non-hydrogen) atoms. The molecular weight excluding hydrogens is 650 g/mol. The van der Waals surface area contributed by atoms with Crippen molar-refractivity contribution >= 4 is 44.9 Å². The van der Waals surface area contributed by atoms with Gasteiger partial charge in [0.2, 0.25) is 29.1 Å². The fraction of sp³-hybridized carbons (Fsp3) is 0. The summed E-state index contributed by atoms with van der Waals surface area (Å²) in [6.45, 7) is 0. The molecule has 0 spiro atoms. The highest BCUT2D eigenvalue weighted by Crippen LogP contribution is 2.36. The van der Waals surface area contributed by atoms with Gasteiger partial charge < -0.3 is 9.31 Å². The second-order valence-corrected chi connectivity index (χ2v) is 9.63. The highest BCUT2D eigenvalue weighted by molar-refractivity contribution is 6.66. The van der Waals surface area contributed by atoms with Crippen LogP contribution < -0.4 is 14.8 Å². The minimum Gasteiger partial charge on any atom is -0.521 e. The van der Waals surface area contributed by atoms with Crippen molar-refractivity contribution in [3.05, 3.63) is 124 Å². The van der Waals surface area contributed by atoms with E-state index in [0.29, 0.717) is 24.3 Å². The molecule has 0 saturated heterocycles. The van der Waals surface area contributed by atoms with Crippen LogP contribution in [0.25, 0.3) is 32.3 Å². The Labute approximate surface area is 247 Å². The maximum Gasteiger partial charge on any atom is 0.636 e. The first-order chi connectivity index (χ1) is 21.7. The molecule has 6 aromatic carbocycles. The van der Waals surface area contributed by atoms with E-state index in [0.717, 1.165) is 18.2 Å². The average molecular weight is 658 g/mol. The topological polar surface area (TPSA) is 18.5 Å². The summed E-state index contributed by atoms with van der Waals surface area (Å²) < 4.78 is 200. The number of hydrogen-bond donors (Lipinski definition) is 0. The van der Waals surface area contributed by atoms with Gasteiger partial charge >= 0.3 is 7.12 Å². The van der Waals surface area contributed by atoms with Crippen LogP contribution in [0.15, 0.2) is 48.5 Å². The van der Waals surface area contributed by atoms with Gasteiger partial charge in [0, 0.05) is 11.5 Å². The minimum atomic E-state index is -3.02.